The molecule has 0 aliphatic heterocycles. The Morgan fingerprint density at radius 2 is 2.05 bits per heavy atom. The first-order valence-electron chi connectivity index (χ1n) is 6.38. The predicted octanol–water partition coefficient (Wildman–Crippen LogP) is 3.41. The zero-order valence-electron chi connectivity index (χ0n) is 11.8. The van der Waals surface area contributed by atoms with Gasteiger partial charge in [-0.25, -0.2) is 4.98 Å². The number of anilines is 2. The van der Waals surface area contributed by atoms with Gasteiger partial charge in [-0.3, -0.25) is 0 Å². The molecule has 5 heteroatoms. The van der Waals surface area contributed by atoms with Gasteiger partial charge in [0.1, 0.15) is 5.82 Å². The summed E-state index contributed by atoms with van der Waals surface area (Å²) in [6.07, 6.45) is 1.79. The summed E-state index contributed by atoms with van der Waals surface area (Å²) in [6, 6.07) is 6.44. The van der Waals surface area contributed by atoms with Crippen molar-refractivity contribution in [2.45, 2.75) is 19.9 Å². The van der Waals surface area contributed by atoms with Crippen molar-refractivity contribution in [1.29, 1.82) is 0 Å². The Kier molecular flexibility index (Phi) is 4.37. The van der Waals surface area contributed by atoms with E-state index < -0.39 is 0 Å². The van der Waals surface area contributed by atoms with E-state index in [1.165, 1.54) is 4.88 Å². The lowest BCUT2D eigenvalue weighted by Crippen LogP contribution is -2.18. The van der Waals surface area contributed by atoms with Gasteiger partial charge in [0.15, 0.2) is 0 Å². The van der Waals surface area contributed by atoms with Crippen LogP contribution in [0.15, 0.2) is 29.8 Å². The first kappa shape index (κ1) is 13.8. The number of aromatic nitrogens is 2. The Morgan fingerprint density at radius 1 is 1.26 bits per heavy atom. The average molecular weight is 276 g/mol. The van der Waals surface area contributed by atoms with Crippen LogP contribution in [-0.2, 0) is 0 Å². The van der Waals surface area contributed by atoms with Crippen LogP contribution in [-0.4, -0.2) is 24.1 Å². The van der Waals surface area contributed by atoms with Gasteiger partial charge in [0, 0.05) is 25.2 Å². The monoisotopic (exact) mass is 276 g/mol. The summed E-state index contributed by atoms with van der Waals surface area (Å²) < 4.78 is 0. The number of nitrogens with zero attached hydrogens (tertiary/aromatic N) is 3. The summed E-state index contributed by atoms with van der Waals surface area (Å²) in [5.74, 6) is 2.08. The van der Waals surface area contributed by atoms with Crippen molar-refractivity contribution >= 4 is 23.1 Å². The molecule has 4 nitrogen and oxygen atoms in total. The van der Waals surface area contributed by atoms with Crippen molar-refractivity contribution in [3.8, 4) is 0 Å². The molecule has 0 aromatic carbocycles. The Morgan fingerprint density at radius 3 is 2.63 bits per heavy atom. The van der Waals surface area contributed by atoms with Gasteiger partial charge in [0.05, 0.1) is 6.04 Å². The van der Waals surface area contributed by atoms with Gasteiger partial charge >= 0.3 is 0 Å². The summed E-state index contributed by atoms with van der Waals surface area (Å²) >= 11 is 1.77. The predicted molar refractivity (Wildman–Crippen MR) is 81.9 cm³/mol. The minimum Gasteiger partial charge on any atom is -0.362 e. The van der Waals surface area contributed by atoms with Gasteiger partial charge < -0.3 is 10.2 Å². The largest absolute Gasteiger partial charge is 0.362 e. The van der Waals surface area contributed by atoms with Crippen LogP contribution in [0.3, 0.4) is 0 Å². The number of thiophene rings is 1. The zero-order chi connectivity index (χ0) is 13.8. The molecule has 0 fully saturated rings. The molecular weight excluding hydrogens is 256 g/mol. The van der Waals surface area contributed by atoms with E-state index in [9.17, 15) is 0 Å². The third-order valence-electron chi connectivity index (χ3n) is 2.86. The highest BCUT2D eigenvalue weighted by Crippen LogP contribution is 2.29. The smallest absolute Gasteiger partial charge is 0.226 e. The third kappa shape index (κ3) is 3.44. The van der Waals surface area contributed by atoms with Crippen LogP contribution in [0.25, 0.3) is 0 Å². The number of hydrogen-bond donors (Lipinski definition) is 1. The van der Waals surface area contributed by atoms with Crippen molar-refractivity contribution in [2.75, 3.05) is 24.3 Å². The van der Waals surface area contributed by atoms with Crippen molar-refractivity contribution in [3.63, 3.8) is 0 Å². The lowest BCUT2D eigenvalue weighted by atomic mass is 10.0. The summed E-state index contributed by atoms with van der Waals surface area (Å²) in [5.41, 5.74) is 0. The van der Waals surface area contributed by atoms with Crippen LogP contribution >= 0.6 is 11.3 Å². The Balaban J connectivity index is 2.20. The standard InChI is InChI=1S/C14H20N4S/c1-10(2)13(11-6-5-9-19-11)16-12-7-8-15-14(17-12)18(3)4/h5-10,13H,1-4H3,(H,15,16,17). The molecule has 2 aromatic heterocycles. The maximum atomic E-state index is 4.51. The maximum absolute atomic E-state index is 4.51. The van der Waals surface area contributed by atoms with Crippen LogP contribution in [0.5, 0.6) is 0 Å². The quantitative estimate of drug-likeness (QED) is 0.908. The van der Waals surface area contributed by atoms with E-state index in [4.69, 9.17) is 0 Å². The third-order valence-corrected chi connectivity index (χ3v) is 3.82. The second kappa shape index (κ2) is 6.02. The van der Waals surface area contributed by atoms with Crippen molar-refractivity contribution in [3.05, 3.63) is 34.7 Å². The first-order valence-corrected chi connectivity index (χ1v) is 7.26. The highest BCUT2D eigenvalue weighted by molar-refractivity contribution is 7.10. The summed E-state index contributed by atoms with van der Waals surface area (Å²) in [4.78, 5) is 12.0. The second-order valence-electron chi connectivity index (χ2n) is 5.02. The highest BCUT2D eigenvalue weighted by Gasteiger charge is 2.17. The van der Waals surface area contributed by atoms with Gasteiger partial charge in [0.25, 0.3) is 0 Å². The molecule has 0 aliphatic rings. The topological polar surface area (TPSA) is 41.1 Å². The summed E-state index contributed by atoms with van der Waals surface area (Å²) in [5, 5.41) is 5.62. The molecule has 102 valence electrons. The van der Waals surface area contributed by atoms with Gasteiger partial charge in [-0.15, -0.1) is 11.3 Å². The van der Waals surface area contributed by atoms with Crippen LogP contribution in [0.1, 0.15) is 24.8 Å². The van der Waals surface area contributed by atoms with E-state index in [2.05, 4.69) is 46.6 Å². The highest BCUT2D eigenvalue weighted by atomic mass is 32.1. The molecule has 0 saturated carbocycles. The van der Waals surface area contributed by atoms with E-state index in [0.29, 0.717) is 5.92 Å². The average Bonchev–Trinajstić information content (AvgIpc) is 2.89. The fourth-order valence-corrected chi connectivity index (χ4v) is 2.79. The number of rotatable bonds is 5. The Hall–Kier alpha value is -1.62. The summed E-state index contributed by atoms with van der Waals surface area (Å²) in [7, 11) is 3.89. The minimum absolute atomic E-state index is 0.282. The lowest BCUT2D eigenvalue weighted by Gasteiger charge is -2.22. The SMILES string of the molecule is CC(C)C(Nc1ccnc(N(C)C)n1)c1cccs1. The zero-order valence-corrected chi connectivity index (χ0v) is 12.6. The molecule has 0 bridgehead atoms. The van der Waals surface area contributed by atoms with Crippen molar-refractivity contribution in [2.24, 2.45) is 5.92 Å². The van der Waals surface area contributed by atoms with Crippen LogP contribution in [0.4, 0.5) is 11.8 Å². The molecule has 0 amide bonds. The minimum atomic E-state index is 0.282. The molecule has 1 atom stereocenters. The van der Waals surface area contributed by atoms with E-state index >= 15 is 0 Å². The fourth-order valence-electron chi connectivity index (χ4n) is 1.84. The van der Waals surface area contributed by atoms with E-state index in [1.807, 2.05) is 25.1 Å². The van der Waals surface area contributed by atoms with Crippen LogP contribution in [0, 0.1) is 5.92 Å². The summed E-state index contributed by atoms with van der Waals surface area (Å²) in [6.45, 7) is 4.43. The molecule has 0 spiro atoms. The van der Waals surface area contributed by atoms with Gasteiger partial charge in [-0.2, -0.15) is 4.98 Å². The molecule has 0 aliphatic carbocycles. The van der Waals surface area contributed by atoms with Gasteiger partial charge in [0.2, 0.25) is 5.95 Å². The lowest BCUT2D eigenvalue weighted by molar-refractivity contribution is 0.552. The Bertz CT molecular complexity index is 508. The van der Waals surface area contributed by atoms with Crippen LogP contribution in [0.2, 0.25) is 0 Å². The fraction of sp³-hybridized carbons (Fsp3) is 0.429. The number of hydrogen-bond acceptors (Lipinski definition) is 5. The number of nitrogens with one attached hydrogen (secondary N) is 1. The van der Waals surface area contributed by atoms with Crippen molar-refractivity contribution < 1.29 is 0 Å². The van der Waals surface area contributed by atoms with E-state index in [-0.39, 0.29) is 6.04 Å². The molecule has 1 unspecified atom stereocenters. The normalized spacial score (nSPS) is 12.5. The van der Waals surface area contributed by atoms with Crippen LogP contribution < -0.4 is 10.2 Å². The first-order chi connectivity index (χ1) is 9.08. The molecule has 2 rings (SSSR count). The molecule has 2 heterocycles. The van der Waals surface area contributed by atoms with Gasteiger partial charge in [-0.1, -0.05) is 19.9 Å². The molecular formula is C14H20N4S. The molecule has 2 aromatic rings. The molecule has 0 saturated heterocycles. The Labute approximate surface area is 118 Å². The molecule has 19 heavy (non-hydrogen) atoms. The maximum Gasteiger partial charge on any atom is 0.226 e. The second-order valence-corrected chi connectivity index (χ2v) is 6.00. The molecule has 0 radical (unpaired) electrons. The van der Waals surface area contributed by atoms with E-state index in [0.717, 1.165) is 11.8 Å². The van der Waals surface area contributed by atoms with E-state index in [1.54, 1.807) is 17.5 Å². The molecule has 1 N–H and O–H groups in total. The van der Waals surface area contributed by atoms with Crippen molar-refractivity contribution in [1.82, 2.24) is 9.97 Å². The van der Waals surface area contributed by atoms with Gasteiger partial charge in [-0.05, 0) is 23.4 Å².